The predicted octanol–water partition coefficient (Wildman–Crippen LogP) is 2.30. The van der Waals surface area contributed by atoms with E-state index < -0.39 is 0 Å². The van der Waals surface area contributed by atoms with Crippen LogP contribution < -0.4 is 4.90 Å². The quantitative estimate of drug-likeness (QED) is 0.852. The molecule has 0 bridgehead atoms. The standard InChI is InChI=1S/C15H22FN3O/c1-15(2,3)19-10-11(7-14(19)20)9-18(4)13-5-6-17-8-12(13)16/h5-6,8,11H,7,9-10H2,1-4H3. The third-order valence-electron chi connectivity index (χ3n) is 3.71. The number of carbonyl (C=O) groups is 1. The van der Waals surface area contributed by atoms with Gasteiger partial charge in [-0.15, -0.1) is 0 Å². The number of pyridine rings is 1. The fourth-order valence-electron chi connectivity index (χ4n) is 2.72. The zero-order valence-corrected chi connectivity index (χ0v) is 12.6. The van der Waals surface area contributed by atoms with E-state index in [2.05, 4.69) is 4.98 Å². The van der Waals surface area contributed by atoms with Crippen molar-refractivity contribution >= 4 is 11.6 Å². The maximum absolute atomic E-state index is 13.7. The minimum Gasteiger partial charge on any atom is -0.372 e. The first-order valence-electron chi connectivity index (χ1n) is 6.90. The monoisotopic (exact) mass is 279 g/mol. The highest BCUT2D eigenvalue weighted by molar-refractivity contribution is 5.79. The van der Waals surface area contributed by atoms with Crippen LogP contribution in [0.3, 0.4) is 0 Å². The van der Waals surface area contributed by atoms with Crippen molar-refractivity contribution in [2.45, 2.75) is 32.7 Å². The molecule has 2 rings (SSSR count). The van der Waals surface area contributed by atoms with Crippen molar-refractivity contribution in [1.29, 1.82) is 0 Å². The SMILES string of the molecule is CN(CC1CC(=O)N(C(C)(C)C)C1)c1ccncc1F. The Morgan fingerprint density at radius 1 is 1.50 bits per heavy atom. The molecular formula is C15H22FN3O. The van der Waals surface area contributed by atoms with Crippen LogP contribution in [0.5, 0.6) is 0 Å². The first-order valence-corrected chi connectivity index (χ1v) is 6.90. The lowest BCUT2D eigenvalue weighted by atomic mass is 10.1. The van der Waals surface area contributed by atoms with E-state index in [0.29, 0.717) is 18.7 Å². The Balaban J connectivity index is 2.02. The normalized spacial score (nSPS) is 19.6. The van der Waals surface area contributed by atoms with E-state index in [-0.39, 0.29) is 23.2 Å². The highest BCUT2D eigenvalue weighted by Gasteiger charge is 2.36. The summed E-state index contributed by atoms with van der Waals surface area (Å²) < 4.78 is 13.7. The first kappa shape index (κ1) is 14.8. The average molecular weight is 279 g/mol. The van der Waals surface area contributed by atoms with E-state index in [0.717, 1.165) is 6.54 Å². The highest BCUT2D eigenvalue weighted by atomic mass is 19.1. The summed E-state index contributed by atoms with van der Waals surface area (Å²) in [6, 6.07) is 1.66. The van der Waals surface area contributed by atoms with E-state index >= 15 is 0 Å². The van der Waals surface area contributed by atoms with Crippen LogP contribution in [0.1, 0.15) is 27.2 Å². The van der Waals surface area contributed by atoms with Crippen molar-refractivity contribution in [3.8, 4) is 0 Å². The first-order chi connectivity index (χ1) is 9.29. The maximum Gasteiger partial charge on any atom is 0.223 e. The number of halogens is 1. The molecule has 0 saturated carbocycles. The average Bonchev–Trinajstić information content (AvgIpc) is 2.70. The molecule has 1 aromatic rings. The summed E-state index contributed by atoms with van der Waals surface area (Å²) in [6.07, 6.45) is 3.33. The number of carbonyl (C=O) groups excluding carboxylic acids is 1. The number of likely N-dealkylation sites (tertiary alicyclic amines) is 1. The maximum atomic E-state index is 13.7. The van der Waals surface area contributed by atoms with Gasteiger partial charge in [0, 0.05) is 44.2 Å². The second-order valence-corrected chi connectivity index (χ2v) is 6.45. The summed E-state index contributed by atoms with van der Waals surface area (Å²) >= 11 is 0. The van der Waals surface area contributed by atoms with E-state index in [9.17, 15) is 9.18 Å². The minimum atomic E-state index is -0.327. The van der Waals surface area contributed by atoms with Crippen molar-refractivity contribution in [3.63, 3.8) is 0 Å². The molecule has 0 aliphatic carbocycles. The molecule has 1 fully saturated rings. The molecule has 110 valence electrons. The number of rotatable bonds is 3. The Morgan fingerprint density at radius 2 is 2.20 bits per heavy atom. The Morgan fingerprint density at radius 3 is 2.75 bits per heavy atom. The lowest BCUT2D eigenvalue weighted by molar-refractivity contribution is -0.131. The molecule has 0 radical (unpaired) electrons. The molecule has 1 amide bonds. The minimum absolute atomic E-state index is 0.147. The van der Waals surface area contributed by atoms with E-state index in [1.165, 1.54) is 6.20 Å². The Hall–Kier alpha value is -1.65. The molecule has 5 heteroatoms. The predicted molar refractivity (Wildman–Crippen MR) is 77.0 cm³/mol. The number of hydrogen-bond acceptors (Lipinski definition) is 3. The molecule has 0 aromatic carbocycles. The lowest BCUT2D eigenvalue weighted by Gasteiger charge is -2.32. The van der Waals surface area contributed by atoms with Crippen molar-refractivity contribution in [3.05, 3.63) is 24.3 Å². The van der Waals surface area contributed by atoms with Gasteiger partial charge in [0.15, 0.2) is 5.82 Å². The molecule has 2 heterocycles. The Labute approximate surface area is 119 Å². The van der Waals surface area contributed by atoms with Crippen molar-refractivity contribution in [2.24, 2.45) is 5.92 Å². The Kier molecular flexibility index (Phi) is 3.97. The van der Waals surface area contributed by atoms with Crippen LogP contribution in [-0.2, 0) is 4.79 Å². The van der Waals surface area contributed by atoms with Gasteiger partial charge in [-0.1, -0.05) is 0 Å². The topological polar surface area (TPSA) is 36.4 Å². The van der Waals surface area contributed by atoms with E-state index in [1.54, 1.807) is 12.3 Å². The van der Waals surface area contributed by atoms with Gasteiger partial charge in [-0.3, -0.25) is 9.78 Å². The third kappa shape index (κ3) is 3.08. The van der Waals surface area contributed by atoms with Gasteiger partial charge in [-0.2, -0.15) is 0 Å². The summed E-state index contributed by atoms with van der Waals surface area (Å²) in [4.78, 5) is 19.6. The lowest BCUT2D eigenvalue weighted by Crippen LogP contribution is -2.42. The van der Waals surface area contributed by atoms with Gasteiger partial charge >= 0.3 is 0 Å². The molecular weight excluding hydrogens is 257 g/mol. The molecule has 1 atom stereocenters. The summed E-state index contributed by atoms with van der Waals surface area (Å²) in [6.45, 7) is 7.53. The van der Waals surface area contributed by atoms with Crippen LogP contribution in [0.25, 0.3) is 0 Å². The smallest absolute Gasteiger partial charge is 0.223 e. The van der Waals surface area contributed by atoms with Crippen molar-refractivity contribution in [2.75, 3.05) is 25.0 Å². The number of hydrogen-bond donors (Lipinski definition) is 0. The van der Waals surface area contributed by atoms with Crippen molar-refractivity contribution in [1.82, 2.24) is 9.88 Å². The number of aromatic nitrogens is 1. The second kappa shape index (κ2) is 5.38. The number of amides is 1. The molecule has 1 saturated heterocycles. The van der Waals surface area contributed by atoms with Gasteiger partial charge in [-0.05, 0) is 26.8 Å². The molecule has 1 aliphatic heterocycles. The van der Waals surface area contributed by atoms with Gasteiger partial charge in [-0.25, -0.2) is 4.39 Å². The van der Waals surface area contributed by atoms with E-state index in [4.69, 9.17) is 0 Å². The van der Waals surface area contributed by atoms with Crippen LogP contribution in [0.15, 0.2) is 18.5 Å². The third-order valence-corrected chi connectivity index (χ3v) is 3.71. The zero-order chi connectivity index (χ0) is 14.9. The molecule has 0 N–H and O–H groups in total. The molecule has 1 unspecified atom stereocenters. The van der Waals surface area contributed by atoms with Gasteiger partial charge in [0.05, 0.1) is 11.9 Å². The Bertz CT molecular complexity index is 498. The summed E-state index contributed by atoms with van der Waals surface area (Å²) in [5, 5.41) is 0. The molecule has 20 heavy (non-hydrogen) atoms. The number of nitrogens with zero attached hydrogens (tertiary/aromatic N) is 3. The highest BCUT2D eigenvalue weighted by Crippen LogP contribution is 2.27. The summed E-state index contributed by atoms with van der Waals surface area (Å²) in [5.41, 5.74) is 0.383. The summed E-state index contributed by atoms with van der Waals surface area (Å²) in [5.74, 6) is 0.0948. The molecule has 1 aliphatic rings. The van der Waals surface area contributed by atoms with Crippen LogP contribution in [0.4, 0.5) is 10.1 Å². The summed E-state index contributed by atoms with van der Waals surface area (Å²) in [7, 11) is 1.85. The van der Waals surface area contributed by atoms with Crippen LogP contribution >= 0.6 is 0 Å². The van der Waals surface area contributed by atoms with Crippen LogP contribution in [0.2, 0.25) is 0 Å². The van der Waals surface area contributed by atoms with Gasteiger partial charge in [0.25, 0.3) is 0 Å². The van der Waals surface area contributed by atoms with Crippen LogP contribution in [-0.4, -0.2) is 41.5 Å². The fraction of sp³-hybridized carbons (Fsp3) is 0.600. The molecule has 1 aromatic heterocycles. The van der Waals surface area contributed by atoms with E-state index in [1.807, 2.05) is 37.6 Å². The van der Waals surface area contributed by atoms with Gasteiger partial charge < -0.3 is 9.80 Å². The largest absolute Gasteiger partial charge is 0.372 e. The van der Waals surface area contributed by atoms with Crippen molar-refractivity contribution < 1.29 is 9.18 Å². The molecule has 0 spiro atoms. The second-order valence-electron chi connectivity index (χ2n) is 6.45. The van der Waals surface area contributed by atoms with Gasteiger partial charge in [0.1, 0.15) is 0 Å². The van der Waals surface area contributed by atoms with Gasteiger partial charge in [0.2, 0.25) is 5.91 Å². The number of anilines is 1. The van der Waals surface area contributed by atoms with Crippen LogP contribution in [0, 0.1) is 11.7 Å². The zero-order valence-electron chi connectivity index (χ0n) is 12.6. The fourth-order valence-corrected chi connectivity index (χ4v) is 2.72. The molecule has 4 nitrogen and oxygen atoms in total.